The van der Waals surface area contributed by atoms with Gasteiger partial charge in [-0.05, 0) is 26.0 Å². The molecule has 2 N–H and O–H groups in total. The van der Waals surface area contributed by atoms with Gasteiger partial charge < -0.3 is 10.6 Å². The van der Waals surface area contributed by atoms with Crippen LogP contribution in [0.4, 0.5) is 19.0 Å². The van der Waals surface area contributed by atoms with Crippen LogP contribution in [0.3, 0.4) is 0 Å². The zero-order valence-corrected chi connectivity index (χ0v) is 10.1. The summed E-state index contributed by atoms with van der Waals surface area (Å²) in [6, 6.07) is 1.82. The highest BCUT2D eigenvalue weighted by atomic mass is 19.4. The van der Waals surface area contributed by atoms with E-state index in [4.69, 9.17) is 5.73 Å². The van der Waals surface area contributed by atoms with E-state index in [-0.39, 0.29) is 11.4 Å². The number of primary amides is 1. The summed E-state index contributed by atoms with van der Waals surface area (Å²) in [7, 11) is 0. The van der Waals surface area contributed by atoms with Gasteiger partial charge in [-0.3, -0.25) is 4.79 Å². The Bertz CT molecular complexity index is 442. The van der Waals surface area contributed by atoms with Gasteiger partial charge in [0.25, 0.3) is 5.91 Å². The van der Waals surface area contributed by atoms with Gasteiger partial charge in [0.2, 0.25) is 0 Å². The number of anilines is 1. The first-order valence-corrected chi connectivity index (χ1v) is 5.44. The van der Waals surface area contributed by atoms with Crippen LogP contribution in [0.25, 0.3) is 0 Å². The number of aromatic nitrogens is 1. The van der Waals surface area contributed by atoms with Crippen molar-refractivity contribution in [3.8, 4) is 0 Å². The fourth-order valence-corrected chi connectivity index (χ4v) is 1.56. The average Bonchev–Trinajstić information content (AvgIpc) is 2.29. The second-order valence-electron chi connectivity index (χ2n) is 3.60. The van der Waals surface area contributed by atoms with Crippen molar-refractivity contribution >= 4 is 11.7 Å². The molecule has 0 fully saturated rings. The summed E-state index contributed by atoms with van der Waals surface area (Å²) in [6.07, 6.45) is -4.54. The molecule has 1 heterocycles. The van der Waals surface area contributed by atoms with E-state index in [1.165, 1.54) is 0 Å². The minimum Gasteiger partial charge on any atom is -0.365 e. The third-order valence-corrected chi connectivity index (χ3v) is 2.49. The lowest BCUT2D eigenvalue weighted by atomic mass is 10.2. The molecule has 7 heteroatoms. The summed E-state index contributed by atoms with van der Waals surface area (Å²) in [5, 5.41) is 0. The van der Waals surface area contributed by atoms with Gasteiger partial charge in [-0.2, -0.15) is 13.2 Å². The number of nitrogens with two attached hydrogens (primary N) is 1. The fraction of sp³-hybridized carbons (Fsp3) is 0.455. The lowest BCUT2D eigenvalue weighted by Crippen LogP contribution is -2.28. The standard InChI is InChI=1S/C11H14F3N3O/c1-3-17(4-2)10-7(9(15)18)5-6-8(16-10)11(12,13)14/h5-6H,3-4H2,1-2H3,(H2,15,18). The molecular weight excluding hydrogens is 247 g/mol. The van der Waals surface area contributed by atoms with Gasteiger partial charge in [0.15, 0.2) is 0 Å². The first-order chi connectivity index (χ1) is 8.31. The smallest absolute Gasteiger partial charge is 0.365 e. The van der Waals surface area contributed by atoms with Gasteiger partial charge in [-0.25, -0.2) is 4.98 Å². The Kier molecular flexibility index (Phi) is 4.15. The maximum atomic E-state index is 12.6. The number of hydrogen-bond acceptors (Lipinski definition) is 3. The molecule has 0 aliphatic heterocycles. The number of nitrogens with zero attached hydrogens (tertiary/aromatic N) is 2. The quantitative estimate of drug-likeness (QED) is 0.902. The van der Waals surface area contributed by atoms with Crippen LogP contribution in [-0.4, -0.2) is 24.0 Å². The van der Waals surface area contributed by atoms with E-state index in [2.05, 4.69) is 4.98 Å². The monoisotopic (exact) mass is 261 g/mol. The van der Waals surface area contributed by atoms with Crippen molar-refractivity contribution in [2.75, 3.05) is 18.0 Å². The van der Waals surface area contributed by atoms with Gasteiger partial charge >= 0.3 is 6.18 Å². The third kappa shape index (κ3) is 2.91. The molecule has 0 bridgehead atoms. The van der Waals surface area contributed by atoms with Gasteiger partial charge in [0.1, 0.15) is 11.5 Å². The second kappa shape index (κ2) is 5.24. The number of rotatable bonds is 4. The molecule has 0 saturated carbocycles. The number of carbonyl (C=O) groups is 1. The molecule has 100 valence electrons. The summed E-state index contributed by atoms with van der Waals surface area (Å²) in [4.78, 5) is 16.3. The molecule has 0 unspecified atom stereocenters. The SMILES string of the molecule is CCN(CC)c1nc(C(F)(F)F)ccc1C(N)=O. The van der Waals surface area contributed by atoms with Crippen LogP contribution in [0.2, 0.25) is 0 Å². The molecule has 1 aromatic rings. The van der Waals surface area contributed by atoms with Crippen molar-refractivity contribution in [3.05, 3.63) is 23.4 Å². The highest BCUT2D eigenvalue weighted by Crippen LogP contribution is 2.30. The summed E-state index contributed by atoms with van der Waals surface area (Å²) < 4.78 is 37.7. The van der Waals surface area contributed by atoms with E-state index in [0.717, 1.165) is 12.1 Å². The molecule has 0 atom stereocenters. The number of halogens is 3. The number of amides is 1. The average molecular weight is 261 g/mol. The lowest BCUT2D eigenvalue weighted by Gasteiger charge is -2.22. The van der Waals surface area contributed by atoms with Gasteiger partial charge in [-0.15, -0.1) is 0 Å². The molecule has 4 nitrogen and oxygen atoms in total. The molecule has 0 saturated heterocycles. The molecule has 1 aromatic heterocycles. The van der Waals surface area contributed by atoms with E-state index >= 15 is 0 Å². The zero-order chi connectivity index (χ0) is 13.9. The van der Waals surface area contributed by atoms with Crippen molar-refractivity contribution in [2.45, 2.75) is 20.0 Å². The Morgan fingerprint density at radius 2 is 1.89 bits per heavy atom. The topological polar surface area (TPSA) is 59.2 Å². The first kappa shape index (κ1) is 14.3. The predicted molar refractivity (Wildman–Crippen MR) is 61.3 cm³/mol. The van der Waals surface area contributed by atoms with E-state index in [1.54, 1.807) is 18.7 Å². The highest BCUT2D eigenvalue weighted by Gasteiger charge is 2.33. The van der Waals surface area contributed by atoms with Crippen LogP contribution in [0.15, 0.2) is 12.1 Å². The maximum Gasteiger partial charge on any atom is 0.433 e. The third-order valence-electron chi connectivity index (χ3n) is 2.49. The van der Waals surface area contributed by atoms with E-state index < -0.39 is 17.8 Å². The van der Waals surface area contributed by atoms with Crippen molar-refractivity contribution in [1.82, 2.24) is 4.98 Å². The van der Waals surface area contributed by atoms with Crippen LogP contribution in [0, 0.1) is 0 Å². The van der Waals surface area contributed by atoms with Crippen molar-refractivity contribution in [1.29, 1.82) is 0 Å². The summed E-state index contributed by atoms with van der Waals surface area (Å²) in [6.45, 7) is 4.39. The fourth-order valence-electron chi connectivity index (χ4n) is 1.56. The summed E-state index contributed by atoms with van der Waals surface area (Å²) in [5.41, 5.74) is 4.09. The Hall–Kier alpha value is -1.79. The van der Waals surface area contributed by atoms with Crippen molar-refractivity contribution < 1.29 is 18.0 Å². The molecule has 0 radical (unpaired) electrons. The largest absolute Gasteiger partial charge is 0.433 e. The highest BCUT2D eigenvalue weighted by molar-refractivity contribution is 5.97. The molecule has 1 amide bonds. The van der Waals surface area contributed by atoms with Crippen LogP contribution in [0.1, 0.15) is 29.9 Å². The number of pyridine rings is 1. The van der Waals surface area contributed by atoms with Crippen molar-refractivity contribution in [2.24, 2.45) is 5.73 Å². The lowest BCUT2D eigenvalue weighted by molar-refractivity contribution is -0.141. The van der Waals surface area contributed by atoms with E-state index in [1.807, 2.05) is 0 Å². The van der Waals surface area contributed by atoms with Gasteiger partial charge in [0.05, 0.1) is 5.56 Å². The first-order valence-electron chi connectivity index (χ1n) is 5.44. The van der Waals surface area contributed by atoms with Crippen LogP contribution < -0.4 is 10.6 Å². The number of carbonyl (C=O) groups excluding carboxylic acids is 1. The molecule has 1 rings (SSSR count). The van der Waals surface area contributed by atoms with Crippen molar-refractivity contribution in [3.63, 3.8) is 0 Å². The molecular formula is C11H14F3N3O. The summed E-state index contributed by atoms with van der Waals surface area (Å²) >= 11 is 0. The van der Waals surface area contributed by atoms with E-state index in [0.29, 0.717) is 13.1 Å². The van der Waals surface area contributed by atoms with E-state index in [9.17, 15) is 18.0 Å². The Morgan fingerprint density at radius 1 is 1.33 bits per heavy atom. The van der Waals surface area contributed by atoms with Gasteiger partial charge in [-0.1, -0.05) is 0 Å². The molecule has 0 aliphatic carbocycles. The molecule has 0 aromatic carbocycles. The zero-order valence-electron chi connectivity index (χ0n) is 10.1. The predicted octanol–water partition coefficient (Wildman–Crippen LogP) is 2.05. The Morgan fingerprint density at radius 3 is 2.28 bits per heavy atom. The number of alkyl halides is 3. The normalized spacial score (nSPS) is 11.4. The van der Waals surface area contributed by atoms with Crippen LogP contribution >= 0.6 is 0 Å². The second-order valence-corrected chi connectivity index (χ2v) is 3.60. The maximum absolute atomic E-state index is 12.6. The minimum absolute atomic E-state index is 0.00769. The Labute approximate surface area is 103 Å². The summed E-state index contributed by atoms with van der Waals surface area (Å²) in [5.74, 6) is -0.819. The van der Waals surface area contributed by atoms with Crippen LogP contribution in [-0.2, 0) is 6.18 Å². The Balaban J connectivity index is 3.37. The van der Waals surface area contributed by atoms with Gasteiger partial charge in [0, 0.05) is 13.1 Å². The number of hydrogen-bond donors (Lipinski definition) is 1. The molecule has 0 spiro atoms. The van der Waals surface area contributed by atoms with Crippen LogP contribution in [0.5, 0.6) is 0 Å². The molecule has 18 heavy (non-hydrogen) atoms. The molecule has 0 aliphatic rings. The minimum atomic E-state index is -4.54.